The van der Waals surface area contributed by atoms with Crippen LogP contribution >= 0.6 is 11.8 Å². The van der Waals surface area contributed by atoms with Gasteiger partial charge in [0.1, 0.15) is 5.50 Å². The van der Waals surface area contributed by atoms with Crippen molar-refractivity contribution in [2.45, 2.75) is 57.5 Å². The van der Waals surface area contributed by atoms with Crippen LogP contribution in [0.5, 0.6) is 0 Å². The highest BCUT2D eigenvalue weighted by Crippen LogP contribution is 2.50. The number of hydrogen-bond acceptors (Lipinski definition) is 3. The molecule has 16 heavy (non-hydrogen) atoms. The Morgan fingerprint density at radius 3 is 2.81 bits per heavy atom. The predicted molar refractivity (Wildman–Crippen MR) is 72.3 cm³/mol. The molecule has 1 spiro atoms. The Morgan fingerprint density at radius 1 is 1.56 bits per heavy atom. The molecule has 3 heteroatoms. The third-order valence-corrected chi connectivity index (χ3v) is 5.34. The van der Waals surface area contributed by atoms with Crippen LogP contribution in [0.1, 0.15) is 46.0 Å². The zero-order valence-corrected chi connectivity index (χ0v) is 11.3. The quantitative estimate of drug-likeness (QED) is 0.793. The molecule has 0 radical (unpaired) electrons. The molecule has 2 rings (SSSR count). The van der Waals surface area contributed by atoms with Gasteiger partial charge in [0.25, 0.3) is 0 Å². The van der Waals surface area contributed by atoms with Gasteiger partial charge in [-0.2, -0.15) is 0 Å². The predicted octanol–water partition coefficient (Wildman–Crippen LogP) is 3.07. The van der Waals surface area contributed by atoms with Gasteiger partial charge in [0.05, 0.1) is 0 Å². The summed E-state index contributed by atoms with van der Waals surface area (Å²) < 4.78 is 0. The van der Waals surface area contributed by atoms with Gasteiger partial charge in [-0.25, -0.2) is 0 Å². The van der Waals surface area contributed by atoms with Crippen LogP contribution in [0.4, 0.5) is 0 Å². The first-order valence-corrected chi connectivity index (χ1v) is 7.40. The fourth-order valence-corrected chi connectivity index (χ4v) is 3.95. The molecule has 2 N–H and O–H groups in total. The van der Waals surface area contributed by atoms with Gasteiger partial charge >= 0.3 is 0 Å². The lowest BCUT2D eigenvalue weighted by Crippen LogP contribution is -2.51. The summed E-state index contributed by atoms with van der Waals surface area (Å²) in [7, 11) is 0. The first-order valence-electron chi connectivity index (χ1n) is 6.52. The van der Waals surface area contributed by atoms with Crippen LogP contribution < -0.4 is 10.6 Å². The van der Waals surface area contributed by atoms with Crippen molar-refractivity contribution >= 4 is 11.8 Å². The van der Waals surface area contributed by atoms with Crippen molar-refractivity contribution < 1.29 is 0 Å². The van der Waals surface area contributed by atoms with Crippen molar-refractivity contribution in [3.05, 3.63) is 11.5 Å². The summed E-state index contributed by atoms with van der Waals surface area (Å²) in [5, 5.41) is 7.23. The Hall–Kier alpha value is 0.01000. The highest BCUT2D eigenvalue weighted by Gasteiger charge is 2.41. The van der Waals surface area contributed by atoms with Crippen molar-refractivity contribution in [2.75, 3.05) is 6.54 Å². The molecule has 1 aliphatic carbocycles. The summed E-state index contributed by atoms with van der Waals surface area (Å²) in [5.41, 5.74) is 0.784. The second kappa shape index (κ2) is 5.11. The fourth-order valence-electron chi connectivity index (χ4n) is 2.67. The average molecular weight is 240 g/mol. The van der Waals surface area contributed by atoms with Gasteiger partial charge in [-0.1, -0.05) is 38.1 Å². The molecule has 0 aromatic carbocycles. The Balaban J connectivity index is 1.89. The SMILES string of the molecule is C=C1SC(NC(C)CC)NCC12CCCC2. The van der Waals surface area contributed by atoms with Gasteiger partial charge in [-0.3, -0.25) is 10.6 Å². The first kappa shape index (κ1) is 12.5. The van der Waals surface area contributed by atoms with Gasteiger partial charge in [0, 0.05) is 18.0 Å². The average Bonchev–Trinajstić information content (AvgIpc) is 2.74. The Labute approximate surface area is 104 Å². The lowest BCUT2D eigenvalue weighted by molar-refractivity contribution is 0.324. The minimum atomic E-state index is 0.369. The molecule has 1 saturated heterocycles. The fraction of sp³-hybridized carbons (Fsp3) is 0.846. The van der Waals surface area contributed by atoms with Gasteiger partial charge in [0.2, 0.25) is 0 Å². The number of hydrogen-bond donors (Lipinski definition) is 2. The smallest absolute Gasteiger partial charge is 0.110 e. The van der Waals surface area contributed by atoms with E-state index in [2.05, 4.69) is 31.1 Å². The molecule has 1 aliphatic heterocycles. The van der Waals surface area contributed by atoms with E-state index in [1.165, 1.54) is 37.0 Å². The maximum atomic E-state index is 4.32. The topological polar surface area (TPSA) is 24.1 Å². The number of nitrogens with one attached hydrogen (secondary N) is 2. The van der Waals surface area contributed by atoms with E-state index >= 15 is 0 Å². The molecule has 0 aromatic heterocycles. The van der Waals surface area contributed by atoms with Crippen LogP contribution in [-0.4, -0.2) is 18.1 Å². The maximum Gasteiger partial charge on any atom is 0.110 e. The highest BCUT2D eigenvalue weighted by molar-refractivity contribution is 8.03. The molecule has 0 aromatic rings. The van der Waals surface area contributed by atoms with E-state index in [-0.39, 0.29) is 0 Å². The first-order chi connectivity index (χ1) is 7.66. The lowest BCUT2D eigenvalue weighted by atomic mass is 9.86. The van der Waals surface area contributed by atoms with E-state index in [9.17, 15) is 0 Å². The van der Waals surface area contributed by atoms with E-state index in [0.717, 1.165) is 6.54 Å². The van der Waals surface area contributed by atoms with Crippen molar-refractivity contribution in [1.82, 2.24) is 10.6 Å². The summed E-state index contributed by atoms with van der Waals surface area (Å²) in [5.74, 6) is 0. The summed E-state index contributed by atoms with van der Waals surface area (Å²) in [4.78, 5) is 1.41. The molecular formula is C13H24N2S. The second-order valence-corrected chi connectivity index (χ2v) is 6.47. The molecule has 2 nitrogen and oxygen atoms in total. The van der Waals surface area contributed by atoms with Gasteiger partial charge < -0.3 is 0 Å². The highest BCUT2D eigenvalue weighted by atomic mass is 32.2. The Kier molecular flexibility index (Phi) is 3.98. The summed E-state index contributed by atoms with van der Waals surface area (Å²) in [6.45, 7) is 9.90. The van der Waals surface area contributed by atoms with Crippen molar-refractivity contribution in [2.24, 2.45) is 5.41 Å². The van der Waals surface area contributed by atoms with Gasteiger partial charge in [0.15, 0.2) is 0 Å². The zero-order chi connectivity index (χ0) is 11.6. The molecule has 0 amide bonds. The monoisotopic (exact) mass is 240 g/mol. The molecular weight excluding hydrogens is 216 g/mol. The van der Waals surface area contributed by atoms with Crippen LogP contribution in [0.3, 0.4) is 0 Å². The normalized spacial score (nSPS) is 30.9. The molecule has 1 saturated carbocycles. The van der Waals surface area contributed by atoms with Crippen molar-refractivity contribution in [3.8, 4) is 0 Å². The van der Waals surface area contributed by atoms with Gasteiger partial charge in [-0.05, 0) is 31.1 Å². The maximum absolute atomic E-state index is 4.32. The summed E-state index contributed by atoms with van der Waals surface area (Å²) in [6, 6.07) is 0.579. The van der Waals surface area contributed by atoms with E-state index in [0.29, 0.717) is 17.0 Å². The van der Waals surface area contributed by atoms with E-state index < -0.39 is 0 Å². The van der Waals surface area contributed by atoms with E-state index in [4.69, 9.17) is 0 Å². The minimum absolute atomic E-state index is 0.369. The molecule has 1 heterocycles. The largest absolute Gasteiger partial charge is 0.292 e. The number of rotatable bonds is 3. The molecule has 92 valence electrons. The Morgan fingerprint density at radius 2 is 2.25 bits per heavy atom. The van der Waals surface area contributed by atoms with Crippen molar-refractivity contribution in [3.63, 3.8) is 0 Å². The molecule has 2 unspecified atom stereocenters. The van der Waals surface area contributed by atoms with E-state index in [1.54, 1.807) is 0 Å². The van der Waals surface area contributed by atoms with Crippen molar-refractivity contribution in [1.29, 1.82) is 0 Å². The second-order valence-electron chi connectivity index (χ2n) is 5.27. The van der Waals surface area contributed by atoms with Crippen LogP contribution in [0.25, 0.3) is 0 Å². The molecule has 2 fully saturated rings. The van der Waals surface area contributed by atoms with Crippen LogP contribution in [-0.2, 0) is 0 Å². The van der Waals surface area contributed by atoms with Crippen LogP contribution in [0.2, 0.25) is 0 Å². The third kappa shape index (κ3) is 2.47. The van der Waals surface area contributed by atoms with E-state index in [1.807, 2.05) is 11.8 Å². The number of thioether (sulfide) groups is 1. The van der Waals surface area contributed by atoms with Crippen LogP contribution in [0, 0.1) is 5.41 Å². The third-order valence-electron chi connectivity index (χ3n) is 4.09. The molecule has 0 bridgehead atoms. The standard InChI is InChI=1S/C13H24N2S/c1-4-10(2)15-12-14-9-13(11(3)16-12)7-5-6-8-13/h10,12,14-15H,3-9H2,1-2H3. The minimum Gasteiger partial charge on any atom is -0.292 e. The van der Waals surface area contributed by atoms with Crippen LogP contribution in [0.15, 0.2) is 11.5 Å². The lowest BCUT2D eigenvalue weighted by Gasteiger charge is -2.40. The zero-order valence-electron chi connectivity index (χ0n) is 10.5. The van der Waals surface area contributed by atoms with Gasteiger partial charge in [-0.15, -0.1) is 0 Å². The Bertz CT molecular complexity index is 259. The summed E-state index contributed by atoms with van der Waals surface area (Å²) in [6.07, 6.45) is 6.61. The molecule has 2 aliphatic rings. The summed E-state index contributed by atoms with van der Waals surface area (Å²) >= 11 is 1.91. The molecule has 2 atom stereocenters.